The smallest absolute Gasteiger partial charge is 0.119 e. The fourth-order valence-corrected chi connectivity index (χ4v) is 4.66. The number of fused-ring (bicyclic) bond motifs is 4. The van der Waals surface area contributed by atoms with E-state index in [1.54, 1.807) is 7.11 Å². The maximum Gasteiger partial charge on any atom is 0.119 e. The third-order valence-corrected chi connectivity index (χ3v) is 6.28. The molecule has 2 bridgehead atoms. The highest BCUT2D eigenvalue weighted by atomic mass is 16.5. The van der Waals surface area contributed by atoms with Crippen molar-refractivity contribution in [2.75, 3.05) is 20.2 Å². The van der Waals surface area contributed by atoms with Crippen LogP contribution < -0.4 is 4.74 Å². The van der Waals surface area contributed by atoms with Gasteiger partial charge in [0, 0.05) is 29.6 Å². The monoisotopic (exact) mass is 322 g/mol. The van der Waals surface area contributed by atoms with E-state index in [2.05, 4.69) is 47.7 Å². The van der Waals surface area contributed by atoms with Crippen LogP contribution in [0.3, 0.4) is 0 Å². The fourth-order valence-electron chi connectivity index (χ4n) is 4.66. The Hall–Kier alpha value is -1.87. The van der Waals surface area contributed by atoms with E-state index >= 15 is 0 Å². The first-order valence-corrected chi connectivity index (χ1v) is 8.92. The van der Waals surface area contributed by atoms with Crippen molar-refractivity contribution >= 4 is 10.9 Å². The van der Waals surface area contributed by atoms with Crippen LogP contribution >= 0.6 is 0 Å². The highest BCUT2D eigenvalue weighted by molar-refractivity contribution is 5.83. The number of piperidine rings is 3. The second kappa shape index (κ2) is 5.89. The number of ether oxygens (including phenoxy) is 1. The summed E-state index contributed by atoms with van der Waals surface area (Å²) in [6.07, 6.45) is 7.80. The molecule has 3 unspecified atom stereocenters. The predicted octanol–water partition coefficient (Wildman–Crippen LogP) is 4.07. The Labute approximate surface area is 144 Å². The summed E-state index contributed by atoms with van der Waals surface area (Å²) >= 11 is 0. The van der Waals surface area contributed by atoms with E-state index in [1.165, 1.54) is 30.3 Å². The van der Waals surface area contributed by atoms with E-state index in [1.807, 2.05) is 12.3 Å². The molecule has 0 saturated carbocycles. The normalized spacial score (nSPS) is 32.0. The second-order valence-corrected chi connectivity index (χ2v) is 7.61. The molecule has 0 aliphatic carbocycles. The molecular weight excluding hydrogens is 296 g/mol. The number of hydrogen-bond acceptors (Lipinski definition) is 3. The Morgan fingerprint density at radius 3 is 3.00 bits per heavy atom. The first kappa shape index (κ1) is 15.6. The van der Waals surface area contributed by atoms with Gasteiger partial charge in [0.25, 0.3) is 0 Å². The zero-order valence-corrected chi connectivity index (χ0v) is 14.7. The van der Waals surface area contributed by atoms with E-state index in [4.69, 9.17) is 4.74 Å². The molecule has 3 aliphatic rings. The van der Waals surface area contributed by atoms with Crippen LogP contribution in [0.1, 0.15) is 25.3 Å². The van der Waals surface area contributed by atoms with Gasteiger partial charge < -0.3 is 4.74 Å². The summed E-state index contributed by atoms with van der Waals surface area (Å²) in [5.41, 5.74) is 2.73. The Morgan fingerprint density at radius 1 is 1.42 bits per heavy atom. The van der Waals surface area contributed by atoms with Crippen LogP contribution in [0.25, 0.3) is 10.9 Å². The molecule has 3 fully saturated rings. The van der Waals surface area contributed by atoms with Crippen LogP contribution in [0.4, 0.5) is 0 Å². The molecule has 3 aliphatic heterocycles. The number of rotatable bonds is 4. The lowest BCUT2D eigenvalue weighted by Gasteiger charge is -2.54. The number of aromatic nitrogens is 1. The van der Waals surface area contributed by atoms with E-state index in [9.17, 15) is 0 Å². The van der Waals surface area contributed by atoms with Crippen LogP contribution in [0.2, 0.25) is 0 Å². The van der Waals surface area contributed by atoms with Gasteiger partial charge in [-0.2, -0.15) is 0 Å². The summed E-state index contributed by atoms with van der Waals surface area (Å²) in [5.74, 6) is 1.68. The Kier molecular flexibility index (Phi) is 3.84. The molecule has 0 spiro atoms. The number of benzene rings is 1. The van der Waals surface area contributed by atoms with Crippen LogP contribution in [-0.4, -0.2) is 36.1 Å². The molecule has 4 atom stereocenters. The summed E-state index contributed by atoms with van der Waals surface area (Å²) in [5, 5.41) is 1.23. The van der Waals surface area contributed by atoms with Gasteiger partial charge in [0.2, 0.25) is 0 Å². The first-order valence-electron chi connectivity index (χ1n) is 8.92. The van der Waals surface area contributed by atoms with E-state index in [0.29, 0.717) is 6.04 Å². The molecule has 0 radical (unpaired) electrons. The highest BCUT2D eigenvalue weighted by Crippen LogP contribution is 2.46. The van der Waals surface area contributed by atoms with Gasteiger partial charge in [-0.15, -0.1) is 6.58 Å². The summed E-state index contributed by atoms with van der Waals surface area (Å²) in [4.78, 5) is 7.19. The third kappa shape index (κ3) is 2.51. The molecule has 3 saturated heterocycles. The van der Waals surface area contributed by atoms with Crippen molar-refractivity contribution in [2.24, 2.45) is 11.3 Å². The molecule has 0 N–H and O–H groups in total. The Bertz CT molecular complexity index is 772. The van der Waals surface area contributed by atoms with Gasteiger partial charge in [0.15, 0.2) is 0 Å². The predicted molar refractivity (Wildman–Crippen MR) is 98.4 cm³/mol. The Balaban J connectivity index is 1.63. The van der Waals surface area contributed by atoms with Crippen molar-refractivity contribution < 1.29 is 4.74 Å². The average molecular weight is 322 g/mol. The van der Waals surface area contributed by atoms with Crippen molar-refractivity contribution in [1.82, 2.24) is 9.88 Å². The zero-order chi connectivity index (χ0) is 16.7. The zero-order valence-electron chi connectivity index (χ0n) is 14.7. The van der Waals surface area contributed by atoms with E-state index < -0.39 is 0 Å². The van der Waals surface area contributed by atoms with Crippen LogP contribution in [0.5, 0.6) is 5.75 Å². The average Bonchev–Trinajstić information content (AvgIpc) is 2.63. The molecule has 0 amide bonds. The second-order valence-electron chi connectivity index (χ2n) is 7.61. The van der Waals surface area contributed by atoms with Crippen molar-refractivity contribution in [1.29, 1.82) is 0 Å². The van der Waals surface area contributed by atoms with Gasteiger partial charge in [0.05, 0.1) is 12.6 Å². The molecule has 1 aromatic carbocycles. The molecule has 126 valence electrons. The molecule has 24 heavy (non-hydrogen) atoms. The number of hydrogen-bond donors (Lipinski definition) is 0. The maximum absolute atomic E-state index is 5.41. The standard InChI is InChI=1S/C21H26N2O/c1-4-21(2)14-23-10-8-16(21)12-17(23)11-15-7-9-22-20-6-5-18(24-3)13-19(15)20/h4-7,9,13,16-17H,1,8,10-12,14H2,2-3H3/t16?,17?,21-/m0/s1. The summed E-state index contributed by atoms with van der Waals surface area (Å²) in [6.45, 7) is 8.85. The van der Waals surface area contributed by atoms with Gasteiger partial charge in [-0.1, -0.05) is 13.0 Å². The van der Waals surface area contributed by atoms with Gasteiger partial charge in [-0.3, -0.25) is 9.88 Å². The number of nitrogens with zero attached hydrogens (tertiary/aromatic N) is 2. The number of methoxy groups -OCH3 is 1. The maximum atomic E-state index is 5.41. The van der Waals surface area contributed by atoms with Crippen molar-refractivity contribution in [3.05, 3.63) is 48.7 Å². The minimum absolute atomic E-state index is 0.290. The van der Waals surface area contributed by atoms with Crippen LogP contribution in [0, 0.1) is 11.3 Å². The van der Waals surface area contributed by atoms with Gasteiger partial charge in [-0.25, -0.2) is 0 Å². The molecule has 1 aromatic heterocycles. The molecular formula is C21H26N2O. The first-order chi connectivity index (χ1) is 11.6. The van der Waals surface area contributed by atoms with Crippen LogP contribution in [0.15, 0.2) is 43.1 Å². The summed E-state index contributed by atoms with van der Waals surface area (Å²) in [7, 11) is 1.72. The fraction of sp³-hybridized carbons (Fsp3) is 0.476. The summed E-state index contributed by atoms with van der Waals surface area (Å²) in [6, 6.07) is 8.98. The largest absolute Gasteiger partial charge is 0.497 e. The molecule has 5 rings (SSSR count). The van der Waals surface area contributed by atoms with Gasteiger partial charge in [-0.05, 0) is 61.6 Å². The lowest BCUT2D eigenvalue weighted by molar-refractivity contribution is -0.0288. The highest BCUT2D eigenvalue weighted by Gasteiger charge is 2.45. The quantitative estimate of drug-likeness (QED) is 0.793. The topological polar surface area (TPSA) is 25.4 Å². The third-order valence-electron chi connectivity index (χ3n) is 6.28. The number of pyridine rings is 1. The minimum Gasteiger partial charge on any atom is -0.497 e. The molecule has 3 nitrogen and oxygen atoms in total. The van der Waals surface area contributed by atoms with Crippen LogP contribution in [-0.2, 0) is 6.42 Å². The van der Waals surface area contributed by atoms with Crippen molar-refractivity contribution in [3.63, 3.8) is 0 Å². The SMILES string of the molecule is C=C[C@@]1(C)CN2CCC1CC2Cc1ccnc2ccc(OC)cc12. The minimum atomic E-state index is 0.290. The van der Waals surface area contributed by atoms with Gasteiger partial charge >= 0.3 is 0 Å². The lowest BCUT2D eigenvalue weighted by Crippen LogP contribution is -2.57. The van der Waals surface area contributed by atoms with E-state index in [-0.39, 0.29) is 5.41 Å². The molecule has 3 heteroatoms. The van der Waals surface area contributed by atoms with Gasteiger partial charge in [0.1, 0.15) is 5.75 Å². The molecule has 4 heterocycles. The summed E-state index contributed by atoms with van der Waals surface area (Å²) < 4.78 is 5.41. The van der Waals surface area contributed by atoms with E-state index in [0.717, 1.165) is 30.1 Å². The van der Waals surface area contributed by atoms with Crippen molar-refractivity contribution in [2.45, 2.75) is 32.2 Å². The lowest BCUT2D eigenvalue weighted by atomic mass is 9.65. The van der Waals surface area contributed by atoms with Crippen molar-refractivity contribution in [3.8, 4) is 5.75 Å². The molecule has 2 aromatic rings. The Morgan fingerprint density at radius 2 is 2.29 bits per heavy atom.